The molecular formula is C11H14FNOS. The second-order valence-corrected chi connectivity index (χ2v) is 3.66. The zero-order valence-corrected chi connectivity index (χ0v) is 9.44. The lowest BCUT2D eigenvalue weighted by Gasteiger charge is -2.08. The molecular weight excluding hydrogens is 213 g/mol. The molecule has 0 aliphatic carbocycles. The van der Waals surface area contributed by atoms with Crippen molar-refractivity contribution in [3.63, 3.8) is 0 Å². The van der Waals surface area contributed by atoms with Gasteiger partial charge in [-0.25, -0.2) is 4.39 Å². The highest BCUT2D eigenvalue weighted by Gasteiger charge is 2.06. The van der Waals surface area contributed by atoms with Crippen LogP contribution >= 0.6 is 12.2 Å². The van der Waals surface area contributed by atoms with Crippen LogP contribution in [0.15, 0.2) is 18.2 Å². The van der Waals surface area contributed by atoms with E-state index < -0.39 is 0 Å². The fourth-order valence-corrected chi connectivity index (χ4v) is 1.45. The lowest BCUT2D eigenvalue weighted by molar-refractivity contribution is 0.121. The van der Waals surface area contributed by atoms with Crippen molar-refractivity contribution in [3.8, 4) is 0 Å². The fourth-order valence-electron chi connectivity index (χ4n) is 1.25. The summed E-state index contributed by atoms with van der Waals surface area (Å²) in [4.78, 5) is 0.269. The standard InChI is InChI=1S/C11H14FNOS/c1-2-5-14-7-8-6-9(12)3-4-10(8)11(13)15/h3-4,6H,2,5,7H2,1H3,(H2,13,15). The van der Waals surface area contributed by atoms with Crippen molar-refractivity contribution in [3.05, 3.63) is 35.1 Å². The summed E-state index contributed by atoms with van der Waals surface area (Å²) in [7, 11) is 0. The Labute approximate surface area is 94.2 Å². The van der Waals surface area contributed by atoms with E-state index in [1.165, 1.54) is 12.1 Å². The molecule has 0 bridgehead atoms. The predicted octanol–water partition coefficient (Wildman–Crippen LogP) is 2.39. The maximum Gasteiger partial charge on any atom is 0.123 e. The van der Waals surface area contributed by atoms with Crippen molar-refractivity contribution in [2.45, 2.75) is 20.0 Å². The highest BCUT2D eigenvalue weighted by atomic mass is 32.1. The van der Waals surface area contributed by atoms with Gasteiger partial charge in [-0.05, 0) is 30.2 Å². The maximum absolute atomic E-state index is 13.0. The fraction of sp³-hybridized carbons (Fsp3) is 0.364. The summed E-state index contributed by atoms with van der Waals surface area (Å²) in [5.74, 6) is -0.301. The van der Waals surface area contributed by atoms with E-state index in [-0.39, 0.29) is 10.8 Å². The van der Waals surface area contributed by atoms with E-state index >= 15 is 0 Å². The van der Waals surface area contributed by atoms with Crippen LogP contribution in [0.25, 0.3) is 0 Å². The molecule has 0 spiro atoms. The predicted molar refractivity (Wildman–Crippen MR) is 62.2 cm³/mol. The summed E-state index contributed by atoms with van der Waals surface area (Å²) in [6.07, 6.45) is 0.928. The van der Waals surface area contributed by atoms with Gasteiger partial charge in [-0.15, -0.1) is 0 Å². The molecule has 0 saturated carbocycles. The van der Waals surface area contributed by atoms with E-state index in [4.69, 9.17) is 22.7 Å². The zero-order valence-electron chi connectivity index (χ0n) is 8.63. The Bertz CT molecular complexity index is 354. The monoisotopic (exact) mass is 227 g/mol. The van der Waals surface area contributed by atoms with Gasteiger partial charge in [0, 0.05) is 12.2 Å². The third-order valence-electron chi connectivity index (χ3n) is 1.94. The molecule has 1 rings (SSSR count). The molecule has 2 nitrogen and oxygen atoms in total. The molecule has 1 aromatic rings. The molecule has 4 heteroatoms. The Hall–Kier alpha value is -1.00. The van der Waals surface area contributed by atoms with Gasteiger partial charge in [-0.3, -0.25) is 0 Å². The van der Waals surface area contributed by atoms with Crippen molar-refractivity contribution in [1.29, 1.82) is 0 Å². The molecule has 0 aromatic heterocycles. The lowest BCUT2D eigenvalue weighted by atomic mass is 10.1. The SMILES string of the molecule is CCCOCc1cc(F)ccc1C(N)=S. The van der Waals surface area contributed by atoms with Crippen LogP contribution in [0, 0.1) is 5.82 Å². The van der Waals surface area contributed by atoms with E-state index in [1.807, 2.05) is 6.92 Å². The average molecular weight is 227 g/mol. The average Bonchev–Trinajstić information content (AvgIpc) is 2.18. The van der Waals surface area contributed by atoms with E-state index in [2.05, 4.69) is 0 Å². The Morgan fingerprint density at radius 3 is 2.87 bits per heavy atom. The van der Waals surface area contributed by atoms with Crippen LogP contribution in [-0.2, 0) is 11.3 Å². The number of halogens is 1. The largest absolute Gasteiger partial charge is 0.389 e. The molecule has 0 radical (unpaired) electrons. The van der Waals surface area contributed by atoms with Gasteiger partial charge >= 0.3 is 0 Å². The molecule has 0 aliphatic rings. The van der Waals surface area contributed by atoms with Crippen LogP contribution in [-0.4, -0.2) is 11.6 Å². The van der Waals surface area contributed by atoms with Crippen LogP contribution in [0.5, 0.6) is 0 Å². The van der Waals surface area contributed by atoms with E-state index in [1.54, 1.807) is 6.07 Å². The number of hydrogen-bond donors (Lipinski definition) is 1. The molecule has 15 heavy (non-hydrogen) atoms. The quantitative estimate of drug-likeness (QED) is 0.619. The molecule has 0 atom stereocenters. The van der Waals surface area contributed by atoms with Crippen molar-refractivity contribution in [1.82, 2.24) is 0 Å². The molecule has 0 heterocycles. The van der Waals surface area contributed by atoms with E-state index in [0.29, 0.717) is 24.3 Å². The number of benzene rings is 1. The Morgan fingerprint density at radius 1 is 1.53 bits per heavy atom. The Morgan fingerprint density at radius 2 is 2.27 bits per heavy atom. The molecule has 2 N–H and O–H groups in total. The van der Waals surface area contributed by atoms with Crippen LogP contribution < -0.4 is 5.73 Å². The van der Waals surface area contributed by atoms with Gasteiger partial charge in [-0.1, -0.05) is 19.1 Å². The molecule has 0 amide bonds. The van der Waals surface area contributed by atoms with Gasteiger partial charge in [0.15, 0.2) is 0 Å². The van der Waals surface area contributed by atoms with Crippen LogP contribution in [0.2, 0.25) is 0 Å². The number of rotatable bonds is 5. The first kappa shape index (κ1) is 12.1. The third-order valence-corrected chi connectivity index (χ3v) is 2.16. The number of hydrogen-bond acceptors (Lipinski definition) is 2. The van der Waals surface area contributed by atoms with Crippen LogP contribution in [0.4, 0.5) is 4.39 Å². The summed E-state index contributed by atoms with van der Waals surface area (Å²) in [5, 5.41) is 0. The first-order valence-electron chi connectivity index (χ1n) is 4.81. The Balaban J connectivity index is 2.82. The van der Waals surface area contributed by atoms with Crippen molar-refractivity contribution >= 4 is 17.2 Å². The number of ether oxygens (including phenoxy) is 1. The minimum atomic E-state index is -0.301. The summed E-state index contributed by atoms with van der Waals surface area (Å²) in [6, 6.07) is 4.34. The summed E-state index contributed by atoms with van der Waals surface area (Å²) >= 11 is 4.87. The highest BCUT2D eigenvalue weighted by molar-refractivity contribution is 7.80. The molecule has 0 aliphatic heterocycles. The molecule has 0 fully saturated rings. The van der Waals surface area contributed by atoms with Crippen molar-refractivity contribution in [2.24, 2.45) is 5.73 Å². The minimum absolute atomic E-state index is 0.269. The van der Waals surface area contributed by atoms with E-state index in [0.717, 1.165) is 6.42 Å². The molecule has 0 unspecified atom stereocenters. The summed E-state index contributed by atoms with van der Waals surface area (Å²) < 4.78 is 18.3. The van der Waals surface area contributed by atoms with Gasteiger partial charge in [0.25, 0.3) is 0 Å². The third kappa shape index (κ3) is 3.57. The zero-order chi connectivity index (χ0) is 11.3. The van der Waals surface area contributed by atoms with Gasteiger partial charge in [-0.2, -0.15) is 0 Å². The Kier molecular flexibility index (Phi) is 4.65. The first-order valence-corrected chi connectivity index (χ1v) is 5.22. The van der Waals surface area contributed by atoms with Crippen molar-refractivity contribution < 1.29 is 9.13 Å². The number of nitrogens with two attached hydrogens (primary N) is 1. The van der Waals surface area contributed by atoms with Gasteiger partial charge in [0.2, 0.25) is 0 Å². The summed E-state index contributed by atoms with van der Waals surface area (Å²) in [6.45, 7) is 3.01. The maximum atomic E-state index is 13.0. The van der Waals surface area contributed by atoms with E-state index in [9.17, 15) is 4.39 Å². The molecule has 82 valence electrons. The second-order valence-electron chi connectivity index (χ2n) is 3.22. The minimum Gasteiger partial charge on any atom is -0.389 e. The van der Waals surface area contributed by atoms with Gasteiger partial charge < -0.3 is 10.5 Å². The first-order chi connectivity index (χ1) is 7.15. The normalized spacial score (nSPS) is 10.3. The van der Waals surface area contributed by atoms with Gasteiger partial charge in [0.1, 0.15) is 10.8 Å². The lowest BCUT2D eigenvalue weighted by Crippen LogP contribution is -2.13. The summed E-state index contributed by atoms with van der Waals surface area (Å²) in [5.41, 5.74) is 6.91. The molecule has 1 aromatic carbocycles. The second kappa shape index (κ2) is 5.78. The smallest absolute Gasteiger partial charge is 0.123 e. The number of thiocarbonyl (C=S) groups is 1. The topological polar surface area (TPSA) is 35.2 Å². The molecule has 0 saturated heterocycles. The van der Waals surface area contributed by atoms with Crippen molar-refractivity contribution in [2.75, 3.05) is 6.61 Å². The van der Waals surface area contributed by atoms with Crippen LogP contribution in [0.1, 0.15) is 24.5 Å². The highest BCUT2D eigenvalue weighted by Crippen LogP contribution is 2.12. The van der Waals surface area contributed by atoms with Crippen LogP contribution in [0.3, 0.4) is 0 Å². The van der Waals surface area contributed by atoms with Gasteiger partial charge in [0.05, 0.1) is 6.61 Å².